The van der Waals surface area contributed by atoms with Crippen molar-refractivity contribution in [3.63, 3.8) is 0 Å². The van der Waals surface area contributed by atoms with Crippen LogP contribution in [0.4, 0.5) is 86.2 Å². The number of aromatic nitrogens is 7. The molecule has 5 aliphatic rings. The Morgan fingerprint density at radius 1 is 0.241 bits per heavy atom. The van der Waals surface area contributed by atoms with E-state index in [4.69, 9.17) is 26.2 Å². The molecule has 0 amide bonds. The van der Waals surface area contributed by atoms with Crippen molar-refractivity contribution in [1.82, 2.24) is 34.9 Å². The highest BCUT2D eigenvalue weighted by molar-refractivity contribution is 6.16. The van der Waals surface area contributed by atoms with Crippen molar-refractivity contribution in [2.24, 2.45) is 0 Å². The van der Waals surface area contributed by atoms with Gasteiger partial charge >= 0.3 is 0 Å². The Bertz CT molecular complexity index is 7390. The van der Waals surface area contributed by atoms with Crippen molar-refractivity contribution >= 4 is 196 Å². The molecule has 0 aliphatic carbocycles. The van der Waals surface area contributed by atoms with Gasteiger partial charge in [-0.3, -0.25) is 9.80 Å². The van der Waals surface area contributed by atoms with Crippen molar-refractivity contribution in [3.8, 4) is 0 Å². The average molecular weight is 1770 g/mol. The Kier molecular flexibility index (Phi) is 21.5. The molecule has 133 heavy (non-hydrogen) atoms. The van der Waals surface area contributed by atoms with Crippen LogP contribution in [0.2, 0.25) is 0 Å². The maximum Gasteiger partial charge on any atom is 0.178 e. The van der Waals surface area contributed by atoms with Crippen LogP contribution in [0.15, 0.2) is 284 Å². The molecule has 22 nitrogen and oxygen atoms in total. The fourth-order valence-electron chi connectivity index (χ4n) is 20.4. The molecule has 672 valence electrons. The third-order valence-electron chi connectivity index (χ3n) is 26.6. The van der Waals surface area contributed by atoms with E-state index in [1.165, 1.54) is 5.56 Å². The van der Waals surface area contributed by atoms with E-state index >= 15 is 0 Å². The second kappa shape index (κ2) is 34.3. The molecule has 0 radical (unpaired) electrons. The van der Waals surface area contributed by atoms with Crippen LogP contribution in [0.1, 0.15) is 123 Å². The molecule has 10 aromatic heterocycles. The van der Waals surface area contributed by atoms with Gasteiger partial charge in [-0.1, -0.05) is 167 Å². The largest absolute Gasteiger partial charge is 0.454 e. The zero-order chi connectivity index (χ0) is 93.1. The van der Waals surface area contributed by atoms with Gasteiger partial charge in [0.25, 0.3) is 0 Å². The summed E-state index contributed by atoms with van der Waals surface area (Å²) in [5, 5.41) is 11.2. The van der Waals surface area contributed by atoms with Gasteiger partial charge in [0.05, 0.1) is 49.6 Å². The van der Waals surface area contributed by atoms with Gasteiger partial charge in [-0.05, 0) is 205 Å². The summed E-state index contributed by atoms with van der Waals surface area (Å²) in [6, 6.07) is 72.0. The molecule has 0 bridgehead atoms. The first kappa shape index (κ1) is 83.4. The van der Waals surface area contributed by atoms with Crippen LogP contribution >= 0.6 is 0 Å². The highest BCUT2D eigenvalue weighted by Gasteiger charge is 2.44. The maximum absolute atomic E-state index is 8.68. The molecule has 5 unspecified atom stereocenters. The van der Waals surface area contributed by atoms with Crippen LogP contribution in [-0.2, 0) is 0 Å². The molecular weight excluding hydrogens is 1650 g/mol. The predicted octanol–water partition coefficient (Wildman–Crippen LogP) is 28.5. The maximum atomic E-state index is 8.68. The normalized spacial score (nSPS) is 17.1. The molecule has 0 spiro atoms. The number of hydrogen-bond donors (Lipinski definition) is 0. The van der Waals surface area contributed by atoms with Crippen LogP contribution in [0.3, 0.4) is 0 Å². The Morgan fingerprint density at radius 3 is 0.789 bits per heavy atom. The van der Waals surface area contributed by atoms with Gasteiger partial charge in [0.15, 0.2) is 68.6 Å². The van der Waals surface area contributed by atoms with Crippen molar-refractivity contribution in [2.45, 2.75) is 175 Å². The Balaban J connectivity index is 0.000000109. The molecule has 0 fully saturated rings. The number of pyridine rings is 3. The molecule has 22 heteroatoms. The van der Waals surface area contributed by atoms with Crippen LogP contribution in [-0.4, -0.2) is 97.9 Å². The van der Waals surface area contributed by atoms with Crippen LogP contribution in [0.25, 0.3) is 110 Å². The summed E-state index contributed by atoms with van der Waals surface area (Å²) in [5.74, 6) is 5.91. The van der Waals surface area contributed by atoms with E-state index < -0.39 is 18.1 Å². The second-order valence-corrected chi connectivity index (χ2v) is 35.2. The smallest absolute Gasteiger partial charge is 0.178 e. The third kappa shape index (κ3) is 14.0. The second-order valence-electron chi connectivity index (χ2n) is 35.2. The fraction of sp³-hybridized carbons (Fsp3) is 0.252. The average Bonchev–Trinajstić information content (AvgIpc) is 1.57. The monoisotopic (exact) mass is 1770 g/mol. The molecule has 0 N–H and O–H groups in total. The summed E-state index contributed by atoms with van der Waals surface area (Å²) in [5.41, 5.74) is 23.0. The molecule has 25 rings (SSSR count). The highest BCUT2D eigenvalue weighted by atomic mass is 16.3. The summed E-state index contributed by atoms with van der Waals surface area (Å²) < 4.78 is 57.6. The zero-order valence-corrected chi connectivity index (χ0v) is 76.9. The number of hydrogen-bond acceptors (Lipinski definition) is 22. The van der Waals surface area contributed by atoms with Crippen LogP contribution < -0.4 is 49.0 Å². The van der Waals surface area contributed by atoms with Crippen molar-refractivity contribution in [1.29, 1.82) is 0 Å². The lowest BCUT2D eigenvalue weighted by atomic mass is 10.1. The number of aryl methyl sites for hydroxylation is 5. The lowest BCUT2D eigenvalue weighted by Crippen LogP contribution is -2.42. The summed E-state index contributed by atoms with van der Waals surface area (Å²) in [4.78, 5) is 53.8. The Morgan fingerprint density at radius 2 is 0.466 bits per heavy atom. The predicted molar refractivity (Wildman–Crippen MR) is 550 cm³/mol. The Hall–Kier alpha value is -15.2. The van der Waals surface area contributed by atoms with Gasteiger partial charge in [0, 0.05) is 129 Å². The minimum atomic E-state index is -0.839. The van der Waals surface area contributed by atoms with E-state index in [2.05, 4.69) is 271 Å². The number of rotatable bonds is 8. The first-order valence-corrected chi connectivity index (χ1v) is 44.8. The molecule has 10 aromatic carbocycles. The van der Waals surface area contributed by atoms with Gasteiger partial charge in [-0.2, -0.15) is 0 Å². The highest BCUT2D eigenvalue weighted by Crippen LogP contribution is 2.55. The van der Waals surface area contributed by atoms with E-state index in [0.717, 1.165) is 218 Å². The Labute approximate surface area is 779 Å². The number of anilines is 15. The number of para-hydroxylation sites is 5. The summed E-state index contributed by atoms with van der Waals surface area (Å²) in [6.45, 7) is 32.6. The van der Waals surface area contributed by atoms with Gasteiger partial charge in [0.1, 0.15) is 58.7 Å². The topological polar surface area (TPSA) is 188 Å². The molecule has 0 saturated carbocycles. The fourth-order valence-corrected chi connectivity index (χ4v) is 20.4. The minimum absolute atomic E-state index is 0. The van der Waals surface area contributed by atoms with Crippen molar-refractivity contribution in [3.05, 3.63) is 290 Å². The first-order valence-electron chi connectivity index (χ1n) is 46.3. The summed E-state index contributed by atoms with van der Waals surface area (Å²) >= 11 is 0. The number of fused-ring (bicyclic) bond motifs is 20. The van der Waals surface area contributed by atoms with Crippen molar-refractivity contribution < 1.29 is 26.2 Å². The standard InChI is InChI=1S/2C23H23N3O.C22H22N4O.C21H19N3O.C20H18N4O.2CH4/c2*1-14(2)25-16(4)26(19-9-7-13-24-23(19)25)21-15(3)11-12-18-17-8-5-6-10-20(17)27-22(18)21;1-13(2)25-15(4)26(22-21(25)23-11-12-24-22)19-14(3)9-10-17-16-7-5-6-8-18(16)27-20(17)19;1-13-10-11-16-15-7-4-5-9-18(15)25-20(16)19(13)24-14(2)23(3)21-17(24)8-6-12-22-21;1-12-8-9-15-14-6-4-5-7-16(14)25-18(15)17(12)24-13(2)23(3)19-20(24)22-11-10-21-19;;/h2*5-14,16H,1-4H3;5-13,15H,1-4H3;4-12,14H,1-3H3;4-11,13H,1-3H3;2*1H4/i2*14D;13D;;;;. The van der Waals surface area contributed by atoms with Gasteiger partial charge in [-0.25, -0.2) is 34.9 Å². The lowest BCUT2D eigenvalue weighted by Gasteiger charge is -2.33. The SMILES string of the molecule is C.C.Cc1ccc2c(oc3ccccc32)c1N1c2cccnc2N(C)C1C.Cc1ccc2c(oc3ccccc32)c1N1c2nccnc2N(C)C1C.[2H]C(C)(C)N1c2ncccc2N(c2c(C)ccc3c2oc2ccccc23)C1C.[2H]C(C)(C)N1c2ncccc2N(c2c(C)ccc3c2oc2ccccc23)C1C.[2H]C(C)(C)N1c2nccnc2N(c2c(C)ccc3c2oc2ccccc23)C1C. The molecule has 5 aliphatic heterocycles. The number of benzene rings is 10. The first-order chi connectivity index (χ1) is 64.5. The van der Waals surface area contributed by atoms with Gasteiger partial charge in [-0.15, -0.1) is 0 Å². The van der Waals surface area contributed by atoms with E-state index in [-0.39, 0.29) is 45.7 Å². The van der Waals surface area contributed by atoms with Crippen molar-refractivity contribution in [2.75, 3.05) is 63.1 Å². The van der Waals surface area contributed by atoms with E-state index in [1.807, 2.05) is 163 Å². The minimum Gasteiger partial charge on any atom is -0.454 e. The van der Waals surface area contributed by atoms with E-state index in [9.17, 15) is 0 Å². The molecule has 5 atom stereocenters. The van der Waals surface area contributed by atoms with Crippen LogP contribution in [0.5, 0.6) is 0 Å². The molecule has 20 aromatic rings. The molecular formula is C111H113N17O5. The summed E-state index contributed by atoms with van der Waals surface area (Å²) in [6.07, 6.45) is 12.3. The number of furan rings is 5. The third-order valence-corrected chi connectivity index (χ3v) is 26.6. The molecule has 15 heterocycles. The summed E-state index contributed by atoms with van der Waals surface area (Å²) in [7, 11) is 4.14. The lowest BCUT2D eigenvalue weighted by molar-refractivity contribution is 0.598. The van der Waals surface area contributed by atoms with E-state index in [1.54, 1.807) is 37.2 Å². The zero-order valence-electron chi connectivity index (χ0n) is 79.9. The quantitative estimate of drug-likeness (QED) is 0.140. The van der Waals surface area contributed by atoms with Gasteiger partial charge in [0.2, 0.25) is 0 Å². The molecule has 0 saturated heterocycles. The van der Waals surface area contributed by atoms with Gasteiger partial charge < -0.3 is 61.3 Å². The van der Waals surface area contributed by atoms with E-state index in [0.29, 0.717) is 0 Å². The number of nitrogens with zero attached hydrogens (tertiary/aromatic N) is 17. The van der Waals surface area contributed by atoms with Crippen LogP contribution in [0, 0.1) is 34.6 Å².